The molecule has 1 fully saturated rings. The van der Waals surface area contributed by atoms with Crippen molar-refractivity contribution >= 4 is 17.5 Å². The number of unbranched alkanes of at least 4 members (excludes halogenated alkanes) is 1. The van der Waals surface area contributed by atoms with E-state index in [2.05, 4.69) is 42.5 Å². The Labute approximate surface area is 173 Å². The van der Waals surface area contributed by atoms with E-state index < -0.39 is 0 Å². The second kappa shape index (κ2) is 11.1. The highest BCUT2D eigenvalue weighted by atomic mass is 16.5. The number of ether oxygens (including phenoxy) is 1. The number of aromatic nitrogens is 1. The van der Waals surface area contributed by atoms with Crippen LogP contribution in [0.25, 0.3) is 0 Å². The predicted molar refractivity (Wildman–Crippen MR) is 120 cm³/mol. The minimum Gasteiger partial charge on any atom is -0.495 e. The second-order valence-corrected chi connectivity index (χ2v) is 6.97. The van der Waals surface area contributed by atoms with Crippen molar-refractivity contribution in [2.75, 3.05) is 63.6 Å². The van der Waals surface area contributed by atoms with Crippen LogP contribution in [0.15, 0.2) is 53.7 Å². The third-order valence-corrected chi connectivity index (χ3v) is 5.07. The van der Waals surface area contributed by atoms with Crippen LogP contribution in [0.1, 0.15) is 12.8 Å². The van der Waals surface area contributed by atoms with E-state index in [9.17, 15) is 0 Å². The van der Waals surface area contributed by atoms with Crippen molar-refractivity contribution in [2.24, 2.45) is 4.99 Å². The van der Waals surface area contributed by atoms with Crippen molar-refractivity contribution in [1.82, 2.24) is 15.2 Å². The molecule has 0 amide bonds. The first kappa shape index (κ1) is 20.8. The van der Waals surface area contributed by atoms with E-state index in [0.29, 0.717) is 0 Å². The number of guanidine groups is 1. The summed E-state index contributed by atoms with van der Waals surface area (Å²) in [5, 5.41) is 6.85. The van der Waals surface area contributed by atoms with E-state index in [1.165, 1.54) is 0 Å². The Morgan fingerprint density at radius 1 is 1.03 bits per heavy atom. The summed E-state index contributed by atoms with van der Waals surface area (Å²) < 4.78 is 5.51. The van der Waals surface area contributed by atoms with Crippen LogP contribution >= 0.6 is 0 Å². The zero-order valence-corrected chi connectivity index (χ0v) is 17.5. The number of benzene rings is 1. The standard InChI is InChI=1S/C22H32N6O/c1-23-22(26-14-8-7-13-25-21-11-5-6-12-24-21)28-17-15-27(16-18-28)19-9-3-4-10-20(19)29-2/h3-6,9-12H,7-8,13-18H2,1-2H3,(H,23,26)(H,24,25). The third-order valence-electron chi connectivity index (χ3n) is 5.07. The summed E-state index contributed by atoms with van der Waals surface area (Å²) in [6, 6.07) is 14.1. The number of hydrogen-bond donors (Lipinski definition) is 2. The van der Waals surface area contributed by atoms with Gasteiger partial charge in [-0.2, -0.15) is 0 Å². The van der Waals surface area contributed by atoms with Gasteiger partial charge in [-0.3, -0.25) is 4.99 Å². The largest absolute Gasteiger partial charge is 0.495 e. The highest BCUT2D eigenvalue weighted by molar-refractivity contribution is 5.80. The molecule has 0 aliphatic carbocycles. The Morgan fingerprint density at radius 2 is 1.79 bits per heavy atom. The van der Waals surface area contributed by atoms with E-state index in [-0.39, 0.29) is 0 Å². The molecule has 0 unspecified atom stereocenters. The number of aliphatic imine (C=N–C) groups is 1. The summed E-state index contributed by atoms with van der Waals surface area (Å²) in [5.41, 5.74) is 1.16. The summed E-state index contributed by atoms with van der Waals surface area (Å²) in [5.74, 6) is 2.86. The Hall–Kier alpha value is -2.96. The van der Waals surface area contributed by atoms with Crippen LogP contribution in [0.3, 0.4) is 0 Å². The third kappa shape index (κ3) is 6.01. The van der Waals surface area contributed by atoms with E-state index in [1.54, 1.807) is 7.11 Å². The van der Waals surface area contributed by atoms with E-state index in [1.807, 2.05) is 43.6 Å². The van der Waals surface area contributed by atoms with Gasteiger partial charge < -0.3 is 25.2 Å². The van der Waals surface area contributed by atoms with E-state index >= 15 is 0 Å². The van der Waals surface area contributed by atoms with Crippen LogP contribution in [0.5, 0.6) is 5.75 Å². The number of methoxy groups -OCH3 is 1. The molecule has 7 heteroatoms. The molecule has 0 bridgehead atoms. The van der Waals surface area contributed by atoms with Gasteiger partial charge in [0.05, 0.1) is 12.8 Å². The highest BCUT2D eigenvalue weighted by Gasteiger charge is 2.21. The van der Waals surface area contributed by atoms with Gasteiger partial charge in [0.25, 0.3) is 0 Å². The zero-order valence-electron chi connectivity index (χ0n) is 17.5. The van der Waals surface area contributed by atoms with Gasteiger partial charge in [-0.1, -0.05) is 18.2 Å². The fourth-order valence-corrected chi connectivity index (χ4v) is 3.52. The molecule has 156 valence electrons. The minimum absolute atomic E-state index is 0.920. The van der Waals surface area contributed by atoms with Crippen LogP contribution in [-0.4, -0.2) is 69.3 Å². The average molecular weight is 397 g/mol. The van der Waals surface area contributed by atoms with Crippen molar-refractivity contribution in [3.63, 3.8) is 0 Å². The first-order valence-corrected chi connectivity index (χ1v) is 10.3. The van der Waals surface area contributed by atoms with Crippen LogP contribution < -0.4 is 20.3 Å². The maximum Gasteiger partial charge on any atom is 0.193 e. The fourth-order valence-electron chi connectivity index (χ4n) is 3.52. The SMILES string of the molecule is CN=C(NCCCCNc1ccccn1)N1CCN(c2ccccc2OC)CC1. The lowest BCUT2D eigenvalue weighted by Gasteiger charge is -2.38. The lowest BCUT2D eigenvalue weighted by molar-refractivity contribution is 0.367. The number of nitrogens with one attached hydrogen (secondary N) is 2. The topological polar surface area (TPSA) is 65.0 Å². The van der Waals surface area contributed by atoms with E-state index in [0.717, 1.165) is 75.3 Å². The molecule has 1 aliphatic rings. The Morgan fingerprint density at radius 3 is 2.52 bits per heavy atom. The molecule has 3 rings (SSSR count). The number of anilines is 2. The van der Waals surface area contributed by atoms with E-state index in [4.69, 9.17) is 4.74 Å². The van der Waals surface area contributed by atoms with Crippen LogP contribution in [0.4, 0.5) is 11.5 Å². The zero-order chi connectivity index (χ0) is 20.3. The number of piperazine rings is 1. The maximum atomic E-state index is 5.51. The number of rotatable bonds is 8. The van der Waals surface area contributed by atoms with Crippen molar-refractivity contribution in [3.05, 3.63) is 48.7 Å². The van der Waals surface area contributed by atoms with Crippen molar-refractivity contribution in [2.45, 2.75) is 12.8 Å². The second-order valence-electron chi connectivity index (χ2n) is 6.97. The lowest BCUT2D eigenvalue weighted by atomic mass is 10.2. The molecule has 1 aliphatic heterocycles. The number of pyridine rings is 1. The summed E-state index contributed by atoms with van der Waals surface area (Å²) in [4.78, 5) is 13.5. The van der Waals surface area contributed by atoms with Gasteiger partial charge in [0.1, 0.15) is 11.6 Å². The summed E-state index contributed by atoms with van der Waals surface area (Å²) in [6.45, 7) is 5.64. The molecule has 29 heavy (non-hydrogen) atoms. The highest BCUT2D eigenvalue weighted by Crippen LogP contribution is 2.28. The van der Waals surface area contributed by atoms with Gasteiger partial charge >= 0.3 is 0 Å². The molecule has 0 atom stereocenters. The van der Waals surface area contributed by atoms with Crippen molar-refractivity contribution in [3.8, 4) is 5.75 Å². The normalized spacial score (nSPS) is 14.6. The number of para-hydroxylation sites is 2. The van der Waals surface area contributed by atoms with Crippen molar-refractivity contribution in [1.29, 1.82) is 0 Å². The molecule has 2 N–H and O–H groups in total. The molecule has 2 aromatic rings. The number of hydrogen-bond acceptors (Lipinski definition) is 5. The molecular weight excluding hydrogens is 364 g/mol. The molecule has 0 radical (unpaired) electrons. The molecule has 1 aromatic heterocycles. The van der Waals surface area contributed by atoms with Crippen LogP contribution in [0, 0.1) is 0 Å². The quantitative estimate of drug-likeness (QED) is 0.406. The molecule has 7 nitrogen and oxygen atoms in total. The van der Waals surface area contributed by atoms with Gasteiger partial charge in [0, 0.05) is 52.5 Å². The van der Waals surface area contributed by atoms with Gasteiger partial charge in [-0.15, -0.1) is 0 Å². The molecule has 1 saturated heterocycles. The smallest absolute Gasteiger partial charge is 0.193 e. The molecule has 0 spiro atoms. The average Bonchev–Trinajstić information content (AvgIpc) is 2.79. The van der Waals surface area contributed by atoms with Crippen molar-refractivity contribution < 1.29 is 4.74 Å². The van der Waals surface area contributed by atoms with Gasteiger partial charge in [-0.25, -0.2) is 4.98 Å². The monoisotopic (exact) mass is 396 g/mol. The molecule has 0 saturated carbocycles. The van der Waals surface area contributed by atoms with Gasteiger partial charge in [0.2, 0.25) is 0 Å². The maximum absolute atomic E-state index is 5.51. The first-order chi connectivity index (χ1) is 14.3. The Bertz CT molecular complexity index is 759. The molecule has 2 heterocycles. The number of nitrogens with zero attached hydrogens (tertiary/aromatic N) is 4. The fraction of sp³-hybridized carbons (Fsp3) is 0.455. The Balaban J connectivity index is 1.37. The summed E-state index contributed by atoms with van der Waals surface area (Å²) in [6.07, 6.45) is 3.98. The Kier molecular flexibility index (Phi) is 7.98. The van der Waals surface area contributed by atoms with Gasteiger partial charge in [0.15, 0.2) is 5.96 Å². The summed E-state index contributed by atoms with van der Waals surface area (Å²) >= 11 is 0. The predicted octanol–water partition coefficient (Wildman–Crippen LogP) is 2.68. The van der Waals surface area contributed by atoms with Crippen LogP contribution in [-0.2, 0) is 0 Å². The molecule has 1 aromatic carbocycles. The van der Waals surface area contributed by atoms with Crippen LogP contribution in [0.2, 0.25) is 0 Å². The minimum atomic E-state index is 0.920. The summed E-state index contributed by atoms with van der Waals surface area (Å²) in [7, 11) is 3.59. The van der Waals surface area contributed by atoms with Gasteiger partial charge in [-0.05, 0) is 37.1 Å². The molecular formula is C22H32N6O. The first-order valence-electron chi connectivity index (χ1n) is 10.3. The lowest BCUT2D eigenvalue weighted by Crippen LogP contribution is -2.52.